The van der Waals surface area contributed by atoms with Gasteiger partial charge in [-0.3, -0.25) is 14.5 Å². The van der Waals surface area contributed by atoms with Crippen LogP contribution in [0.3, 0.4) is 0 Å². The first-order valence-corrected chi connectivity index (χ1v) is 7.25. The molecule has 22 heavy (non-hydrogen) atoms. The Balaban J connectivity index is 2.48. The Kier molecular flexibility index (Phi) is 7.01. The number of unbranched alkanes of at least 4 members (excludes halogenated alkanes) is 1. The number of hydrogen-bond acceptors (Lipinski definition) is 7. The van der Waals surface area contributed by atoms with Gasteiger partial charge in [0.15, 0.2) is 0 Å². The average Bonchev–Trinajstić information content (AvgIpc) is 2.89. The number of ether oxygens (including phenoxy) is 1. The Labute approximate surface area is 129 Å². The van der Waals surface area contributed by atoms with Gasteiger partial charge >= 0.3 is 12.1 Å². The van der Waals surface area contributed by atoms with Crippen molar-refractivity contribution in [2.24, 2.45) is 5.73 Å². The van der Waals surface area contributed by atoms with Crippen LogP contribution in [0.5, 0.6) is 0 Å². The number of hydrogen-bond donors (Lipinski definition) is 2. The van der Waals surface area contributed by atoms with Crippen LogP contribution < -0.4 is 5.73 Å². The molecule has 9 nitrogen and oxygen atoms in total. The van der Waals surface area contributed by atoms with Crippen molar-refractivity contribution < 1.29 is 29.1 Å². The number of rotatable bonds is 7. The van der Waals surface area contributed by atoms with E-state index in [0.717, 1.165) is 5.34 Å². The van der Waals surface area contributed by atoms with Gasteiger partial charge in [0, 0.05) is 11.9 Å². The third-order valence-corrected chi connectivity index (χ3v) is 2.74. The molecule has 0 aromatic rings. The number of aliphatic carboxylic acids is 1. The van der Waals surface area contributed by atoms with Crippen LogP contribution in [-0.4, -0.2) is 58.9 Å². The number of carboxylic acid groups (broad SMARTS) is 1. The van der Waals surface area contributed by atoms with Crippen LogP contribution in [0.25, 0.3) is 0 Å². The summed E-state index contributed by atoms with van der Waals surface area (Å²) in [5.74, 6) is -1.03. The molecular formula is C13H25N3O6. The molecule has 0 unspecified atom stereocenters. The Morgan fingerprint density at radius 2 is 1.91 bits per heavy atom. The van der Waals surface area contributed by atoms with E-state index in [-0.39, 0.29) is 6.54 Å². The van der Waals surface area contributed by atoms with Gasteiger partial charge in [-0.2, -0.15) is 5.01 Å². The number of amides is 1. The summed E-state index contributed by atoms with van der Waals surface area (Å²) < 4.78 is 5.30. The number of nitrogens with two attached hydrogens (primary N) is 1. The van der Waals surface area contributed by atoms with Gasteiger partial charge in [-0.15, -0.1) is 0 Å². The molecule has 1 heterocycles. The molecule has 1 saturated heterocycles. The molecule has 0 bridgehead atoms. The third-order valence-electron chi connectivity index (χ3n) is 2.74. The van der Waals surface area contributed by atoms with Crippen LogP contribution in [0.15, 0.2) is 0 Å². The topological polar surface area (TPSA) is 115 Å². The number of hydrazine groups is 1. The summed E-state index contributed by atoms with van der Waals surface area (Å²) in [6.07, 6.45) is 0.848. The summed E-state index contributed by atoms with van der Waals surface area (Å²) in [5.41, 5.74) is 4.80. The second kappa shape index (κ2) is 8.28. The van der Waals surface area contributed by atoms with E-state index in [0.29, 0.717) is 32.5 Å². The Bertz CT molecular complexity index is 378. The largest absolute Gasteiger partial charge is 0.480 e. The van der Waals surface area contributed by atoms with Crippen molar-refractivity contribution >= 4 is 12.1 Å². The van der Waals surface area contributed by atoms with Gasteiger partial charge < -0.3 is 15.6 Å². The molecule has 0 radical (unpaired) electrons. The fourth-order valence-corrected chi connectivity index (χ4v) is 1.71. The highest BCUT2D eigenvalue weighted by Gasteiger charge is 2.30. The first kappa shape index (κ1) is 18.6. The fourth-order valence-electron chi connectivity index (χ4n) is 1.71. The SMILES string of the molecule is CC(C)(C)OC(=O)N(CCCC[C@H](N)C(=O)O)N1OCCO1. The van der Waals surface area contributed by atoms with Crippen molar-refractivity contribution in [3.05, 3.63) is 0 Å². The van der Waals surface area contributed by atoms with Crippen molar-refractivity contribution in [1.82, 2.24) is 10.3 Å². The summed E-state index contributed by atoms with van der Waals surface area (Å²) in [4.78, 5) is 33.2. The Morgan fingerprint density at radius 3 is 2.41 bits per heavy atom. The first-order valence-electron chi connectivity index (χ1n) is 7.25. The van der Waals surface area contributed by atoms with E-state index in [1.807, 2.05) is 0 Å². The highest BCUT2D eigenvalue weighted by Crippen LogP contribution is 2.15. The highest BCUT2D eigenvalue weighted by molar-refractivity contribution is 5.72. The van der Waals surface area contributed by atoms with Gasteiger partial charge in [-0.25, -0.2) is 4.79 Å². The number of carbonyl (C=O) groups is 2. The molecule has 1 atom stereocenters. The van der Waals surface area contributed by atoms with Gasteiger partial charge in [0.1, 0.15) is 11.6 Å². The first-order chi connectivity index (χ1) is 10.2. The predicted octanol–water partition coefficient (Wildman–Crippen LogP) is 0.900. The van der Waals surface area contributed by atoms with Crippen LogP contribution in [0.1, 0.15) is 40.0 Å². The molecule has 0 saturated carbocycles. The zero-order valence-electron chi connectivity index (χ0n) is 13.3. The molecule has 0 aromatic carbocycles. The van der Waals surface area contributed by atoms with Crippen LogP contribution in [-0.2, 0) is 19.2 Å². The quantitative estimate of drug-likeness (QED) is 0.665. The van der Waals surface area contributed by atoms with Crippen LogP contribution in [0.4, 0.5) is 4.79 Å². The fraction of sp³-hybridized carbons (Fsp3) is 0.846. The number of carbonyl (C=O) groups excluding carboxylic acids is 1. The second-order valence-electron chi connectivity index (χ2n) is 5.95. The second-order valence-corrected chi connectivity index (χ2v) is 5.95. The number of nitrogens with zero attached hydrogens (tertiary/aromatic N) is 2. The molecule has 0 aromatic heterocycles. The van der Waals surface area contributed by atoms with E-state index in [9.17, 15) is 9.59 Å². The smallest absolute Gasteiger partial charge is 0.428 e. The molecule has 9 heteroatoms. The van der Waals surface area contributed by atoms with Crippen molar-refractivity contribution in [1.29, 1.82) is 0 Å². The maximum Gasteiger partial charge on any atom is 0.428 e. The molecule has 1 amide bonds. The minimum absolute atomic E-state index is 0.279. The van der Waals surface area contributed by atoms with Gasteiger partial charge in [0.05, 0.1) is 13.2 Å². The summed E-state index contributed by atoms with van der Waals surface area (Å²) >= 11 is 0. The van der Waals surface area contributed by atoms with E-state index in [1.54, 1.807) is 20.8 Å². The molecule has 0 aliphatic carbocycles. The third kappa shape index (κ3) is 6.56. The van der Waals surface area contributed by atoms with Crippen molar-refractivity contribution in [3.63, 3.8) is 0 Å². The molecule has 128 valence electrons. The van der Waals surface area contributed by atoms with E-state index >= 15 is 0 Å². The van der Waals surface area contributed by atoms with Crippen LogP contribution in [0.2, 0.25) is 0 Å². The standard InChI is InChI=1S/C13H25N3O6/c1-13(2,3)22-12(19)15(16-20-8-9-21-16)7-5-4-6-10(14)11(17)18/h10H,4-9,14H2,1-3H3,(H,17,18)/t10-/m0/s1. The molecular weight excluding hydrogens is 294 g/mol. The lowest BCUT2D eigenvalue weighted by Gasteiger charge is -2.30. The zero-order chi connectivity index (χ0) is 16.8. The maximum atomic E-state index is 12.2. The normalized spacial score (nSPS) is 17.3. The summed E-state index contributed by atoms with van der Waals surface area (Å²) in [6, 6.07) is -0.894. The Morgan fingerprint density at radius 1 is 1.32 bits per heavy atom. The maximum absolute atomic E-state index is 12.2. The molecule has 1 aliphatic heterocycles. The van der Waals surface area contributed by atoms with E-state index in [4.69, 9.17) is 25.3 Å². The summed E-state index contributed by atoms with van der Waals surface area (Å²) in [7, 11) is 0. The Hall–Kier alpha value is -1.42. The lowest BCUT2D eigenvalue weighted by atomic mass is 10.1. The number of carboxylic acids is 1. The lowest BCUT2D eigenvalue weighted by molar-refractivity contribution is -0.395. The van der Waals surface area contributed by atoms with Crippen molar-refractivity contribution in [2.75, 3.05) is 19.8 Å². The minimum Gasteiger partial charge on any atom is -0.480 e. The summed E-state index contributed by atoms with van der Waals surface area (Å²) in [5, 5.41) is 11.0. The molecule has 1 rings (SSSR count). The highest BCUT2D eigenvalue weighted by atomic mass is 17.0. The average molecular weight is 319 g/mol. The summed E-state index contributed by atoms with van der Waals surface area (Å²) in [6.45, 7) is 6.27. The molecule has 3 N–H and O–H groups in total. The van der Waals surface area contributed by atoms with Crippen LogP contribution in [0, 0.1) is 0 Å². The van der Waals surface area contributed by atoms with Crippen LogP contribution >= 0.6 is 0 Å². The monoisotopic (exact) mass is 319 g/mol. The van der Waals surface area contributed by atoms with Gasteiger partial charge in [-0.1, -0.05) is 0 Å². The van der Waals surface area contributed by atoms with Crippen molar-refractivity contribution in [3.8, 4) is 0 Å². The molecule has 1 aliphatic rings. The van der Waals surface area contributed by atoms with E-state index < -0.39 is 23.7 Å². The van der Waals surface area contributed by atoms with Gasteiger partial charge in [0.25, 0.3) is 0 Å². The minimum atomic E-state index is -1.03. The lowest BCUT2D eigenvalue weighted by Crippen LogP contribution is -2.46. The van der Waals surface area contributed by atoms with Gasteiger partial charge in [-0.05, 0) is 40.0 Å². The van der Waals surface area contributed by atoms with Gasteiger partial charge in [0.2, 0.25) is 0 Å². The molecule has 0 spiro atoms. The van der Waals surface area contributed by atoms with E-state index in [2.05, 4.69) is 0 Å². The molecule has 1 fully saturated rings. The van der Waals surface area contributed by atoms with Crippen molar-refractivity contribution in [2.45, 2.75) is 51.7 Å². The zero-order valence-corrected chi connectivity index (χ0v) is 13.3. The predicted molar refractivity (Wildman–Crippen MR) is 76.1 cm³/mol. The van der Waals surface area contributed by atoms with E-state index in [1.165, 1.54) is 5.01 Å².